The van der Waals surface area contributed by atoms with Crippen molar-refractivity contribution >= 4 is 23.2 Å². The number of nitro groups is 1. The molecule has 2 aromatic carbocycles. The van der Waals surface area contributed by atoms with E-state index in [9.17, 15) is 20.0 Å². The number of hydrogen-bond donors (Lipinski definition) is 2. The molecule has 2 rings (SSSR count). The Hall–Kier alpha value is -2.44. The Bertz CT molecular complexity index is 737. The first kappa shape index (κ1) is 17.9. The third-order valence-electron chi connectivity index (χ3n) is 3.55. The molecule has 6 nitrogen and oxygen atoms in total. The van der Waals surface area contributed by atoms with E-state index in [1.807, 2.05) is 18.2 Å². The molecule has 0 heterocycles. The van der Waals surface area contributed by atoms with Gasteiger partial charge < -0.3 is 10.4 Å². The van der Waals surface area contributed by atoms with E-state index < -0.39 is 22.6 Å². The van der Waals surface area contributed by atoms with Crippen LogP contribution in [-0.4, -0.2) is 22.0 Å². The molecular weight excluding hydrogens is 332 g/mol. The Kier molecular flexibility index (Phi) is 5.89. The van der Waals surface area contributed by atoms with Crippen LogP contribution in [-0.2, 0) is 0 Å². The fourth-order valence-corrected chi connectivity index (χ4v) is 2.63. The Morgan fingerprint density at radius 1 is 1.25 bits per heavy atom. The molecule has 2 aromatic rings. The lowest BCUT2D eigenvalue weighted by Gasteiger charge is -2.18. The normalized spacial score (nSPS) is 13.1. The number of carbonyl (C=O) groups is 1. The van der Waals surface area contributed by atoms with Crippen LogP contribution in [0.2, 0.25) is 5.02 Å². The second kappa shape index (κ2) is 7.90. The van der Waals surface area contributed by atoms with Crippen LogP contribution in [0.3, 0.4) is 0 Å². The molecule has 0 spiro atoms. The van der Waals surface area contributed by atoms with Gasteiger partial charge in [0.2, 0.25) is 0 Å². The van der Waals surface area contributed by atoms with Crippen LogP contribution in [0.5, 0.6) is 0 Å². The van der Waals surface area contributed by atoms with E-state index in [-0.39, 0.29) is 23.0 Å². The summed E-state index contributed by atoms with van der Waals surface area (Å²) in [6.07, 6.45) is -0.458. The van der Waals surface area contributed by atoms with E-state index in [1.165, 1.54) is 18.2 Å². The molecule has 0 aliphatic carbocycles. The summed E-state index contributed by atoms with van der Waals surface area (Å²) in [4.78, 5) is 22.7. The number of rotatable bonds is 6. The van der Waals surface area contributed by atoms with Crippen LogP contribution in [0.1, 0.15) is 35.4 Å². The summed E-state index contributed by atoms with van der Waals surface area (Å²) in [6.45, 7) is 1.72. The molecule has 0 aliphatic rings. The second-order valence-corrected chi connectivity index (χ2v) is 5.84. The molecule has 1 amide bonds. The number of para-hydroxylation sites is 1. The Balaban J connectivity index is 2.07. The molecule has 0 radical (unpaired) electrons. The van der Waals surface area contributed by atoms with Crippen LogP contribution < -0.4 is 5.32 Å². The predicted molar refractivity (Wildman–Crippen MR) is 91.1 cm³/mol. The second-order valence-electron chi connectivity index (χ2n) is 5.43. The van der Waals surface area contributed by atoms with Crippen molar-refractivity contribution in [3.63, 3.8) is 0 Å². The fourth-order valence-electron chi connectivity index (χ4n) is 2.39. The average Bonchev–Trinajstić information content (AvgIpc) is 2.54. The van der Waals surface area contributed by atoms with Gasteiger partial charge in [-0.2, -0.15) is 0 Å². The van der Waals surface area contributed by atoms with Crippen LogP contribution >= 0.6 is 11.6 Å². The van der Waals surface area contributed by atoms with E-state index >= 15 is 0 Å². The number of aliphatic hydroxyl groups is 1. The van der Waals surface area contributed by atoms with Gasteiger partial charge in [-0.1, -0.05) is 48.0 Å². The Morgan fingerprint density at radius 3 is 2.54 bits per heavy atom. The molecule has 0 saturated carbocycles. The predicted octanol–water partition coefficient (Wildman–Crippen LogP) is 3.49. The van der Waals surface area contributed by atoms with Crippen molar-refractivity contribution < 1.29 is 14.8 Å². The number of halogens is 1. The van der Waals surface area contributed by atoms with Crippen molar-refractivity contribution in [2.24, 2.45) is 0 Å². The standard InChI is InChI=1S/C17H17ClN2O4/c1-11(10-15(21)12-6-3-2-4-7-12)19-17(22)13-8-5-9-14(18)16(13)20(23)24/h2-9,11,15,21H,10H2,1H3,(H,19,22)/t11-,15+/m0/s1. The molecule has 0 fully saturated rings. The molecule has 0 unspecified atom stereocenters. The van der Waals surface area contributed by atoms with Crippen molar-refractivity contribution in [3.05, 3.63) is 74.8 Å². The van der Waals surface area contributed by atoms with Crippen molar-refractivity contribution in [1.29, 1.82) is 0 Å². The Morgan fingerprint density at radius 2 is 1.92 bits per heavy atom. The first-order valence-corrected chi connectivity index (χ1v) is 7.74. The third kappa shape index (κ3) is 4.31. The number of aliphatic hydroxyl groups excluding tert-OH is 1. The van der Waals surface area contributed by atoms with Gasteiger partial charge in [0.1, 0.15) is 10.6 Å². The van der Waals surface area contributed by atoms with E-state index in [0.29, 0.717) is 0 Å². The van der Waals surface area contributed by atoms with Crippen molar-refractivity contribution in [1.82, 2.24) is 5.32 Å². The molecular formula is C17H17ClN2O4. The topological polar surface area (TPSA) is 92.5 Å². The maximum Gasteiger partial charge on any atom is 0.300 e. The maximum atomic E-state index is 12.3. The molecule has 0 aliphatic heterocycles. The summed E-state index contributed by atoms with van der Waals surface area (Å²) in [7, 11) is 0. The summed E-state index contributed by atoms with van der Waals surface area (Å²) < 4.78 is 0. The number of nitro benzene ring substituents is 1. The quantitative estimate of drug-likeness (QED) is 0.617. The zero-order valence-corrected chi connectivity index (χ0v) is 13.7. The summed E-state index contributed by atoms with van der Waals surface area (Å²) in [5, 5.41) is 23.8. The highest BCUT2D eigenvalue weighted by Crippen LogP contribution is 2.28. The lowest BCUT2D eigenvalue weighted by Crippen LogP contribution is -2.34. The smallest absolute Gasteiger partial charge is 0.300 e. The minimum absolute atomic E-state index is 0.0929. The van der Waals surface area contributed by atoms with Crippen molar-refractivity contribution in [3.8, 4) is 0 Å². The molecule has 0 aromatic heterocycles. The molecule has 2 atom stereocenters. The largest absolute Gasteiger partial charge is 0.388 e. The third-order valence-corrected chi connectivity index (χ3v) is 3.86. The number of carbonyl (C=O) groups excluding carboxylic acids is 1. The van der Waals surface area contributed by atoms with Crippen molar-refractivity contribution in [2.45, 2.75) is 25.5 Å². The summed E-state index contributed by atoms with van der Waals surface area (Å²) >= 11 is 5.81. The van der Waals surface area contributed by atoms with E-state index in [1.54, 1.807) is 19.1 Å². The summed E-state index contributed by atoms with van der Waals surface area (Å²) in [5.74, 6) is -0.600. The van der Waals surface area contributed by atoms with Gasteiger partial charge in [0.15, 0.2) is 0 Å². The zero-order chi connectivity index (χ0) is 17.7. The molecule has 24 heavy (non-hydrogen) atoms. The van der Waals surface area contributed by atoms with E-state index in [2.05, 4.69) is 5.32 Å². The number of benzene rings is 2. The van der Waals surface area contributed by atoms with Gasteiger partial charge in [-0.25, -0.2) is 0 Å². The number of nitrogens with one attached hydrogen (secondary N) is 1. The van der Waals surface area contributed by atoms with Gasteiger partial charge in [-0.05, 0) is 31.0 Å². The van der Waals surface area contributed by atoms with E-state index in [0.717, 1.165) is 5.56 Å². The molecule has 7 heteroatoms. The fraction of sp³-hybridized carbons (Fsp3) is 0.235. The van der Waals surface area contributed by atoms with Gasteiger partial charge in [-0.3, -0.25) is 14.9 Å². The van der Waals surface area contributed by atoms with Gasteiger partial charge in [0.25, 0.3) is 5.91 Å². The lowest BCUT2D eigenvalue weighted by atomic mass is 10.0. The molecule has 2 N–H and O–H groups in total. The number of nitrogens with zero attached hydrogens (tertiary/aromatic N) is 1. The monoisotopic (exact) mass is 348 g/mol. The molecule has 126 valence electrons. The van der Waals surface area contributed by atoms with Crippen LogP contribution in [0.4, 0.5) is 5.69 Å². The minimum Gasteiger partial charge on any atom is -0.388 e. The van der Waals surface area contributed by atoms with Gasteiger partial charge >= 0.3 is 5.69 Å². The van der Waals surface area contributed by atoms with Gasteiger partial charge in [-0.15, -0.1) is 0 Å². The van der Waals surface area contributed by atoms with E-state index in [4.69, 9.17) is 11.6 Å². The first-order valence-electron chi connectivity index (χ1n) is 7.37. The summed E-state index contributed by atoms with van der Waals surface area (Å²) in [6, 6.07) is 12.9. The highest BCUT2D eigenvalue weighted by atomic mass is 35.5. The average molecular weight is 349 g/mol. The minimum atomic E-state index is -0.740. The molecule has 0 saturated heterocycles. The first-order chi connectivity index (χ1) is 11.4. The van der Waals surface area contributed by atoms with Gasteiger partial charge in [0.05, 0.1) is 11.0 Å². The SMILES string of the molecule is C[C@@H](C[C@@H](O)c1ccccc1)NC(=O)c1cccc(Cl)c1[N+](=O)[O-]. The van der Waals surface area contributed by atoms with Crippen LogP contribution in [0.25, 0.3) is 0 Å². The number of hydrogen-bond acceptors (Lipinski definition) is 4. The van der Waals surface area contributed by atoms with Crippen LogP contribution in [0.15, 0.2) is 48.5 Å². The van der Waals surface area contributed by atoms with Crippen LogP contribution in [0, 0.1) is 10.1 Å². The van der Waals surface area contributed by atoms with Crippen molar-refractivity contribution in [2.75, 3.05) is 0 Å². The highest BCUT2D eigenvalue weighted by molar-refractivity contribution is 6.33. The molecule has 0 bridgehead atoms. The van der Waals surface area contributed by atoms with Gasteiger partial charge in [0, 0.05) is 6.04 Å². The Labute approximate surface area is 144 Å². The number of amides is 1. The summed E-state index contributed by atoms with van der Waals surface area (Å²) in [5.41, 5.74) is 0.216. The lowest BCUT2D eigenvalue weighted by molar-refractivity contribution is -0.385. The highest BCUT2D eigenvalue weighted by Gasteiger charge is 2.25. The zero-order valence-electron chi connectivity index (χ0n) is 13.0. The maximum absolute atomic E-state index is 12.3.